The standard InChI is InChI=1S/C29H34N4O7S.ClH/c1-29(2,30)27(35)32-16-13-23(14-17-32)24-15-18-33(25(24)26(34)39-19-21-9-5-3-6-10-21)41(37,38)31-28(36)40-20-22-11-7-4-8-12-22;/h3-12,15,18,23H,13-14,16-17,19-20,30H2,1-2H3,(H,31,36);1H. The minimum absolute atomic E-state index is 0. The number of benzene rings is 2. The molecule has 11 nitrogen and oxygen atoms in total. The van der Waals surface area contributed by atoms with Crippen molar-refractivity contribution in [3.05, 3.63) is 95.3 Å². The zero-order chi connectivity index (χ0) is 29.6. The number of amides is 2. The molecule has 0 saturated carbocycles. The molecule has 2 amide bonds. The Balaban J connectivity index is 0.00000484. The van der Waals surface area contributed by atoms with Gasteiger partial charge in [0.25, 0.3) is 0 Å². The predicted molar refractivity (Wildman–Crippen MR) is 158 cm³/mol. The number of halogens is 1. The molecule has 3 aromatic rings. The van der Waals surface area contributed by atoms with Crippen molar-refractivity contribution in [1.29, 1.82) is 0 Å². The van der Waals surface area contributed by atoms with Crippen LogP contribution in [0, 0.1) is 0 Å². The van der Waals surface area contributed by atoms with Crippen molar-refractivity contribution < 1.29 is 32.3 Å². The maximum absolute atomic E-state index is 13.4. The number of esters is 1. The quantitative estimate of drug-likeness (QED) is 0.344. The highest BCUT2D eigenvalue weighted by Crippen LogP contribution is 2.33. The average Bonchev–Trinajstić information content (AvgIpc) is 3.41. The molecule has 0 bridgehead atoms. The van der Waals surface area contributed by atoms with Gasteiger partial charge >= 0.3 is 22.3 Å². The van der Waals surface area contributed by atoms with E-state index in [-0.39, 0.29) is 43.1 Å². The number of nitrogens with two attached hydrogens (primary N) is 1. The Bertz CT molecular complexity index is 1480. The second-order valence-electron chi connectivity index (χ2n) is 10.4. The first-order valence-electron chi connectivity index (χ1n) is 13.2. The van der Waals surface area contributed by atoms with Crippen LogP contribution >= 0.6 is 12.4 Å². The zero-order valence-corrected chi connectivity index (χ0v) is 25.0. The summed E-state index contributed by atoms with van der Waals surface area (Å²) in [5.41, 5.74) is 6.60. The maximum atomic E-state index is 13.4. The number of rotatable bonds is 9. The van der Waals surface area contributed by atoms with Gasteiger partial charge in [-0.3, -0.25) is 4.79 Å². The summed E-state index contributed by atoms with van der Waals surface area (Å²) in [4.78, 5) is 40.1. The Morgan fingerprint density at radius 2 is 1.43 bits per heavy atom. The first kappa shape index (κ1) is 32.6. The molecule has 1 aliphatic heterocycles. The lowest BCUT2D eigenvalue weighted by molar-refractivity contribution is -0.136. The number of ether oxygens (including phenoxy) is 2. The van der Waals surface area contributed by atoms with Crippen molar-refractivity contribution in [3.63, 3.8) is 0 Å². The Hall–Kier alpha value is -3.87. The van der Waals surface area contributed by atoms with E-state index in [1.165, 1.54) is 12.3 Å². The molecule has 1 saturated heterocycles. The van der Waals surface area contributed by atoms with Crippen LogP contribution in [-0.2, 0) is 37.7 Å². The van der Waals surface area contributed by atoms with E-state index in [1.54, 1.807) is 73.3 Å². The number of carbonyl (C=O) groups excluding carboxylic acids is 3. The molecule has 1 aliphatic rings. The summed E-state index contributed by atoms with van der Waals surface area (Å²) in [6, 6.07) is 19.3. The Morgan fingerprint density at radius 3 is 1.95 bits per heavy atom. The highest BCUT2D eigenvalue weighted by molar-refractivity contribution is 7.88. The number of nitrogens with one attached hydrogen (secondary N) is 1. The number of aromatic nitrogens is 1. The van der Waals surface area contributed by atoms with E-state index in [0.717, 1.165) is 5.56 Å². The molecule has 13 heteroatoms. The van der Waals surface area contributed by atoms with Gasteiger partial charge in [-0.05, 0) is 55.4 Å². The number of nitrogens with zero attached hydrogens (tertiary/aromatic N) is 2. The maximum Gasteiger partial charge on any atom is 0.422 e. The summed E-state index contributed by atoms with van der Waals surface area (Å²) < 4.78 is 39.7. The van der Waals surface area contributed by atoms with Crippen LogP contribution in [0.1, 0.15) is 59.8 Å². The highest BCUT2D eigenvalue weighted by Gasteiger charge is 2.35. The molecule has 0 spiro atoms. The van der Waals surface area contributed by atoms with Crippen molar-refractivity contribution in [2.45, 2.75) is 51.4 Å². The third kappa shape index (κ3) is 8.11. The first-order valence-corrected chi connectivity index (χ1v) is 14.6. The molecular weight excluding hydrogens is 584 g/mol. The van der Waals surface area contributed by atoms with Crippen LogP contribution in [-0.4, -0.2) is 53.9 Å². The fraction of sp³-hybridized carbons (Fsp3) is 0.345. The second-order valence-corrected chi connectivity index (χ2v) is 12.0. The largest absolute Gasteiger partial charge is 0.456 e. The van der Waals surface area contributed by atoms with Gasteiger partial charge in [-0.15, -0.1) is 12.4 Å². The SMILES string of the molecule is CC(C)(N)C(=O)N1CCC(c2ccn(S(=O)(=O)NC(=O)OCc3ccccc3)c2C(=O)OCc2ccccc2)CC1.Cl. The molecule has 3 N–H and O–H groups in total. The van der Waals surface area contributed by atoms with E-state index in [1.807, 2.05) is 10.8 Å². The fourth-order valence-corrected chi connectivity index (χ4v) is 5.68. The summed E-state index contributed by atoms with van der Waals surface area (Å²) >= 11 is 0. The molecule has 226 valence electrons. The summed E-state index contributed by atoms with van der Waals surface area (Å²) in [5, 5.41) is 0. The van der Waals surface area contributed by atoms with Crippen LogP contribution in [0.15, 0.2) is 72.9 Å². The van der Waals surface area contributed by atoms with Crippen molar-refractivity contribution in [2.75, 3.05) is 13.1 Å². The van der Waals surface area contributed by atoms with E-state index < -0.39 is 27.8 Å². The summed E-state index contributed by atoms with van der Waals surface area (Å²) in [7, 11) is -4.57. The summed E-state index contributed by atoms with van der Waals surface area (Å²) in [5.74, 6) is -1.28. The van der Waals surface area contributed by atoms with Crippen LogP contribution in [0.4, 0.5) is 4.79 Å². The van der Waals surface area contributed by atoms with Crippen LogP contribution in [0.25, 0.3) is 0 Å². The average molecular weight is 619 g/mol. The lowest BCUT2D eigenvalue weighted by Gasteiger charge is -2.35. The van der Waals surface area contributed by atoms with Gasteiger partial charge in [0, 0.05) is 19.3 Å². The van der Waals surface area contributed by atoms with Gasteiger partial charge < -0.3 is 20.1 Å². The molecule has 1 fully saturated rings. The van der Waals surface area contributed by atoms with E-state index in [2.05, 4.69) is 0 Å². The lowest BCUT2D eigenvalue weighted by Crippen LogP contribution is -2.53. The summed E-state index contributed by atoms with van der Waals surface area (Å²) in [6.07, 6.45) is 0.986. The number of likely N-dealkylation sites (tertiary alicyclic amines) is 1. The van der Waals surface area contributed by atoms with Crippen molar-refractivity contribution in [1.82, 2.24) is 13.6 Å². The summed E-state index contributed by atoms with van der Waals surface area (Å²) in [6.45, 7) is 3.86. The third-order valence-corrected chi connectivity index (χ3v) is 7.99. The number of hydrogen-bond acceptors (Lipinski definition) is 8. The number of piperidine rings is 1. The molecule has 1 aromatic heterocycles. The van der Waals surface area contributed by atoms with Gasteiger partial charge in [0.1, 0.15) is 18.9 Å². The smallest absolute Gasteiger partial charge is 0.422 e. The first-order chi connectivity index (χ1) is 19.5. The van der Waals surface area contributed by atoms with Gasteiger partial charge in [-0.25, -0.2) is 18.3 Å². The molecule has 42 heavy (non-hydrogen) atoms. The Labute approximate surface area is 251 Å². The molecular formula is C29H35ClN4O7S. The normalized spacial score (nSPS) is 14.0. The van der Waals surface area contributed by atoms with Gasteiger partial charge in [0.05, 0.1) is 5.54 Å². The van der Waals surface area contributed by atoms with Gasteiger partial charge in [-0.1, -0.05) is 60.7 Å². The molecule has 2 aromatic carbocycles. The van der Waals surface area contributed by atoms with Crippen molar-refractivity contribution >= 4 is 40.6 Å². The van der Waals surface area contributed by atoms with Crippen LogP contribution in [0.2, 0.25) is 0 Å². The minimum atomic E-state index is -4.57. The van der Waals surface area contributed by atoms with Crippen LogP contribution in [0.3, 0.4) is 0 Å². The lowest BCUT2D eigenvalue weighted by atomic mass is 9.88. The van der Waals surface area contributed by atoms with Gasteiger partial charge in [0.15, 0.2) is 0 Å². The molecule has 0 radical (unpaired) electrons. The highest BCUT2D eigenvalue weighted by atomic mass is 35.5. The Kier molecular flexibility index (Phi) is 10.8. The van der Waals surface area contributed by atoms with E-state index in [0.29, 0.717) is 41.0 Å². The van der Waals surface area contributed by atoms with Crippen molar-refractivity contribution in [2.24, 2.45) is 5.73 Å². The van der Waals surface area contributed by atoms with Crippen LogP contribution < -0.4 is 10.5 Å². The minimum Gasteiger partial charge on any atom is -0.456 e. The van der Waals surface area contributed by atoms with Crippen molar-refractivity contribution in [3.8, 4) is 0 Å². The third-order valence-electron chi connectivity index (χ3n) is 6.75. The molecule has 4 rings (SSSR count). The second kappa shape index (κ2) is 13.9. The zero-order valence-electron chi connectivity index (χ0n) is 23.4. The monoisotopic (exact) mass is 618 g/mol. The van der Waals surface area contributed by atoms with Gasteiger partial charge in [-0.2, -0.15) is 8.42 Å². The number of hydrogen-bond donors (Lipinski definition) is 2. The van der Waals surface area contributed by atoms with Gasteiger partial charge in [0.2, 0.25) is 5.91 Å². The van der Waals surface area contributed by atoms with Crippen LogP contribution in [0.5, 0.6) is 0 Å². The molecule has 0 atom stereocenters. The predicted octanol–water partition coefficient (Wildman–Crippen LogP) is 3.73. The molecule has 0 aliphatic carbocycles. The topological polar surface area (TPSA) is 150 Å². The van der Waals surface area contributed by atoms with E-state index in [4.69, 9.17) is 15.2 Å². The number of carbonyl (C=O) groups is 3. The van der Waals surface area contributed by atoms with E-state index in [9.17, 15) is 22.8 Å². The Morgan fingerprint density at radius 1 is 0.905 bits per heavy atom. The fourth-order valence-electron chi connectivity index (χ4n) is 4.67. The van der Waals surface area contributed by atoms with E-state index >= 15 is 0 Å². The molecule has 2 heterocycles. The molecule has 0 unspecified atom stereocenters.